The second kappa shape index (κ2) is 5.69. The Kier molecular flexibility index (Phi) is 3.72. The molecule has 1 atom stereocenters. The molecule has 1 aromatic heterocycles. The highest BCUT2D eigenvalue weighted by Gasteiger charge is 2.42. The Labute approximate surface area is 128 Å². The van der Waals surface area contributed by atoms with Crippen LogP contribution in [0.2, 0.25) is 0 Å². The monoisotopic (exact) mass is 285 g/mol. The van der Waals surface area contributed by atoms with Crippen LogP contribution in [-0.2, 0) is 6.54 Å². The van der Waals surface area contributed by atoms with Crippen molar-refractivity contribution in [1.82, 2.24) is 14.8 Å². The molecule has 2 aliphatic heterocycles. The fraction of sp³-hybridized carbons (Fsp3) is 0.722. The molecule has 1 aromatic rings. The fourth-order valence-electron chi connectivity index (χ4n) is 4.35. The lowest BCUT2D eigenvalue weighted by molar-refractivity contribution is 0.0860. The Balaban J connectivity index is 1.36. The van der Waals surface area contributed by atoms with Crippen molar-refractivity contribution in [3.05, 3.63) is 30.1 Å². The van der Waals surface area contributed by atoms with Crippen LogP contribution in [0, 0.1) is 11.3 Å². The van der Waals surface area contributed by atoms with E-state index in [1.165, 1.54) is 70.5 Å². The van der Waals surface area contributed by atoms with Gasteiger partial charge < -0.3 is 4.90 Å². The van der Waals surface area contributed by atoms with Crippen LogP contribution in [0.15, 0.2) is 24.4 Å². The van der Waals surface area contributed by atoms with Crippen molar-refractivity contribution >= 4 is 0 Å². The SMILES string of the molecule is c1ccc(CN2CCC[C@]3(CCN(CC4CC4)C3)C2)nc1. The molecular formula is C18H27N3. The van der Waals surface area contributed by atoms with Gasteiger partial charge in [-0.2, -0.15) is 0 Å². The first-order valence-electron chi connectivity index (χ1n) is 8.66. The van der Waals surface area contributed by atoms with Gasteiger partial charge in [0, 0.05) is 32.4 Å². The fourth-order valence-corrected chi connectivity index (χ4v) is 4.35. The van der Waals surface area contributed by atoms with Gasteiger partial charge in [0.1, 0.15) is 0 Å². The number of piperidine rings is 1. The summed E-state index contributed by atoms with van der Waals surface area (Å²) in [5.41, 5.74) is 1.81. The van der Waals surface area contributed by atoms with Crippen LogP contribution in [0.1, 0.15) is 37.8 Å². The second-order valence-corrected chi connectivity index (χ2v) is 7.56. The highest BCUT2D eigenvalue weighted by Crippen LogP contribution is 2.41. The quantitative estimate of drug-likeness (QED) is 0.848. The van der Waals surface area contributed by atoms with Crippen molar-refractivity contribution in [1.29, 1.82) is 0 Å². The minimum absolute atomic E-state index is 0.585. The number of hydrogen-bond donors (Lipinski definition) is 0. The summed E-state index contributed by atoms with van der Waals surface area (Å²) in [6.45, 7) is 7.63. The maximum absolute atomic E-state index is 4.50. The molecule has 1 spiro atoms. The zero-order chi connectivity index (χ0) is 14.1. The lowest BCUT2D eigenvalue weighted by Crippen LogP contribution is -2.44. The number of nitrogens with zero attached hydrogens (tertiary/aromatic N) is 3. The first-order chi connectivity index (χ1) is 10.3. The van der Waals surface area contributed by atoms with E-state index in [9.17, 15) is 0 Å². The third kappa shape index (κ3) is 3.29. The Hall–Kier alpha value is -0.930. The van der Waals surface area contributed by atoms with E-state index in [-0.39, 0.29) is 0 Å². The van der Waals surface area contributed by atoms with Crippen LogP contribution in [0.4, 0.5) is 0 Å². The van der Waals surface area contributed by atoms with E-state index < -0.39 is 0 Å². The zero-order valence-electron chi connectivity index (χ0n) is 13.0. The topological polar surface area (TPSA) is 19.4 Å². The minimum atomic E-state index is 0.585. The summed E-state index contributed by atoms with van der Waals surface area (Å²) >= 11 is 0. The zero-order valence-corrected chi connectivity index (χ0v) is 13.0. The molecule has 3 heterocycles. The highest BCUT2D eigenvalue weighted by molar-refractivity contribution is 5.04. The van der Waals surface area contributed by atoms with Crippen molar-refractivity contribution in [2.75, 3.05) is 32.7 Å². The van der Waals surface area contributed by atoms with Crippen LogP contribution in [-0.4, -0.2) is 47.5 Å². The molecule has 0 amide bonds. The van der Waals surface area contributed by atoms with Gasteiger partial charge in [0.15, 0.2) is 0 Å². The number of pyridine rings is 1. The molecular weight excluding hydrogens is 258 g/mol. The van der Waals surface area contributed by atoms with Crippen LogP contribution < -0.4 is 0 Å². The average molecular weight is 285 g/mol. The van der Waals surface area contributed by atoms with Gasteiger partial charge in [0.2, 0.25) is 0 Å². The average Bonchev–Trinajstić information content (AvgIpc) is 3.23. The number of hydrogen-bond acceptors (Lipinski definition) is 3. The maximum Gasteiger partial charge on any atom is 0.0543 e. The number of rotatable bonds is 4. The standard InChI is InChI=1S/C18H27N3/c1-2-9-19-17(4-1)13-20-10-3-7-18(14-20)8-11-21(15-18)12-16-5-6-16/h1-2,4,9,16H,3,5-8,10-15H2/t18-/m0/s1. The van der Waals surface area contributed by atoms with Crippen LogP contribution >= 0.6 is 0 Å². The summed E-state index contributed by atoms with van der Waals surface area (Å²) in [4.78, 5) is 9.90. The van der Waals surface area contributed by atoms with Gasteiger partial charge in [-0.05, 0) is 68.7 Å². The highest BCUT2D eigenvalue weighted by atomic mass is 15.2. The van der Waals surface area contributed by atoms with Gasteiger partial charge in [0.25, 0.3) is 0 Å². The predicted octanol–water partition coefficient (Wildman–Crippen LogP) is 2.78. The molecule has 3 heteroatoms. The first kappa shape index (κ1) is 13.7. The molecule has 21 heavy (non-hydrogen) atoms. The van der Waals surface area contributed by atoms with Crippen molar-refractivity contribution < 1.29 is 0 Å². The van der Waals surface area contributed by atoms with E-state index in [1.54, 1.807) is 0 Å². The van der Waals surface area contributed by atoms with Gasteiger partial charge in [-0.1, -0.05) is 6.07 Å². The molecule has 0 N–H and O–H groups in total. The molecule has 1 aliphatic carbocycles. The van der Waals surface area contributed by atoms with E-state index in [1.807, 2.05) is 12.3 Å². The van der Waals surface area contributed by atoms with E-state index in [0.29, 0.717) is 5.41 Å². The number of likely N-dealkylation sites (tertiary alicyclic amines) is 2. The first-order valence-corrected chi connectivity index (χ1v) is 8.66. The van der Waals surface area contributed by atoms with Gasteiger partial charge in [-0.25, -0.2) is 0 Å². The Morgan fingerprint density at radius 2 is 2.00 bits per heavy atom. The van der Waals surface area contributed by atoms with Crippen molar-refractivity contribution in [2.45, 2.75) is 38.6 Å². The molecule has 3 fully saturated rings. The third-order valence-electron chi connectivity index (χ3n) is 5.58. The smallest absolute Gasteiger partial charge is 0.0543 e. The minimum Gasteiger partial charge on any atom is -0.302 e. The lowest BCUT2D eigenvalue weighted by Gasteiger charge is -2.40. The summed E-state index contributed by atoms with van der Waals surface area (Å²) in [6, 6.07) is 6.28. The molecule has 114 valence electrons. The summed E-state index contributed by atoms with van der Waals surface area (Å²) in [6.07, 6.45) is 9.10. The van der Waals surface area contributed by atoms with Crippen LogP contribution in [0.5, 0.6) is 0 Å². The van der Waals surface area contributed by atoms with Crippen molar-refractivity contribution in [3.8, 4) is 0 Å². The van der Waals surface area contributed by atoms with Gasteiger partial charge in [-0.15, -0.1) is 0 Å². The molecule has 0 aromatic carbocycles. The van der Waals surface area contributed by atoms with Crippen LogP contribution in [0.25, 0.3) is 0 Å². The van der Waals surface area contributed by atoms with Gasteiger partial charge >= 0.3 is 0 Å². The van der Waals surface area contributed by atoms with E-state index in [4.69, 9.17) is 0 Å². The van der Waals surface area contributed by atoms with Crippen molar-refractivity contribution in [3.63, 3.8) is 0 Å². The van der Waals surface area contributed by atoms with Gasteiger partial charge in [0.05, 0.1) is 5.69 Å². The molecule has 0 unspecified atom stereocenters. The van der Waals surface area contributed by atoms with Crippen molar-refractivity contribution in [2.24, 2.45) is 11.3 Å². The molecule has 3 nitrogen and oxygen atoms in total. The summed E-state index contributed by atoms with van der Waals surface area (Å²) < 4.78 is 0. The predicted molar refractivity (Wildman–Crippen MR) is 85.0 cm³/mol. The van der Waals surface area contributed by atoms with Gasteiger partial charge in [-0.3, -0.25) is 9.88 Å². The Morgan fingerprint density at radius 1 is 1.10 bits per heavy atom. The molecule has 2 saturated heterocycles. The molecule has 0 radical (unpaired) electrons. The van der Waals surface area contributed by atoms with Crippen LogP contribution in [0.3, 0.4) is 0 Å². The van der Waals surface area contributed by atoms with E-state index in [2.05, 4.69) is 26.9 Å². The summed E-state index contributed by atoms with van der Waals surface area (Å²) in [5, 5.41) is 0. The molecule has 0 bridgehead atoms. The van der Waals surface area contributed by atoms with E-state index in [0.717, 1.165) is 12.5 Å². The maximum atomic E-state index is 4.50. The van der Waals surface area contributed by atoms with E-state index >= 15 is 0 Å². The molecule has 3 aliphatic rings. The molecule has 4 rings (SSSR count). The second-order valence-electron chi connectivity index (χ2n) is 7.56. The summed E-state index contributed by atoms with van der Waals surface area (Å²) in [5.74, 6) is 1.04. The summed E-state index contributed by atoms with van der Waals surface area (Å²) in [7, 11) is 0. The number of aromatic nitrogens is 1. The third-order valence-corrected chi connectivity index (χ3v) is 5.58. The Bertz CT molecular complexity index is 471. The lowest BCUT2D eigenvalue weighted by atomic mass is 9.79. The Morgan fingerprint density at radius 3 is 2.81 bits per heavy atom. The molecule has 1 saturated carbocycles. The normalized spacial score (nSPS) is 31.0. The largest absolute Gasteiger partial charge is 0.302 e.